The van der Waals surface area contributed by atoms with Gasteiger partial charge in [-0.2, -0.15) is 0 Å². The van der Waals surface area contributed by atoms with Crippen molar-refractivity contribution in [3.05, 3.63) is 23.8 Å². The minimum Gasteiger partial charge on any atom is -0.468 e. The van der Waals surface area contributed by atoms with Crippen LogP contribution in [-0.4, -0.2) is 38.6 Å². The van der Waals surface area contributed by atoms with Crippen LogP contribution >= 0.6 is 0 Å². The summed E-state index contributed by atoms with van der Waals surface area (Å²) in [5, 5.41) is 18.4. The third-order valence-corrected chi connectivity index (χ3v) is 10.6. The van der Waals surface area contributed by atoms with Gasteiger partial charge in [-0.05, 0) is 36.1 Å². The Balaban J connectivity index is 2.38. The van der Waals surface area contributed by atoms with E-state index in [0.717, 1.165) is 12.2 Å². The third-order valence-electron chi connectivity index (χ3n) is 4.86. The predicted molar refractivity (Wildman–Crippen MR) is 94.5 cm³/mol. The Hall–Kier alpha value is -0.818. The van der Waals surface area contributed by atoms with Gasteiger partial charge in [0.05, 0.1) is 8.07 Å². The molecule has 4 nitrogen and oxygen atoms in total. The summed E-state index contributed by atoms with van der Waals surface area (Å²) in [5.74, 6) is 0.687. The van der Waals surface area contributed by atoms with Crippen LogP contribution in [0.3, 0.4) is 0 Å². The summed E-state index contributed by atoms with van der Waals surface area (Å²) >= 11 is 0. The highest BCUT2D eigenvalue weighted by atomic mass is 28.3. The van der Waals surface area contributed by atoms with Gasteiger partial charge in [0.1, 0.15) is 5.75 Å². The minimum atomic E-state index is -1.44. The SMILES string of the molecule is CC[Si](CC)(CC)CCOCOc1ccc(B(O)O)c(C)c1. The minimum absolute atomic E-state index is 0.238. The van der Waals surface area contributed by atoms with E-state index in [4.69, 9.17) is 9.47 Å². The van der Waals surface area contributed by atoms with E-state index in [-0.39, 0.29) is 6.79 Å². The molecular weight excluding hydrogens is 295 g/mol. The summed E-state index contributed by atoms with van der Waals surface area (Å²) in [6.45, 7) is 9.73. The molecule has 1 rings (SSSR count). The lowest BCUT2D eigenvalue weighted by molar-refractivity contribution is 0.0219. The van der Waals surface area contributed by atoms with Gasteiger partial charge in [0.2, 0.25) is 0 Å². The quantitative estimate of drug-likeness (QED) is 0.394. The van der Waals surface area contributed by atoms with Crippen LogP contribution in [0.2, 0.25) is 24.2 Å². The predicted octanol–water partition coefficient (Wildman–Crippen LogP) is 2.54. The van der Waals surface area contributed by atoms with E-state index in [2.05, 4.69) is 20.8 Å². The van der Waals surface area contributed by atoms with E-state index in [0.29, 0.717) is 11.2 Å². The lowest BCUT2D eigenvalue weighted by Gasteiger charge is -2.27. The van der Waals surface area contributed by atoms with Crippen molar-refractivity contribution < 1.29 is 19.5 Å². The van der Waals surface area contributed by atoms with Crippen molar-refractivity contribution in [3.8, 4) is 5.75 Å². The first-order chi connectivity index (χ1) is 10.5. The monoisotopic (exact) mass is 324 g/mol. The maximum absolute atomic E-state index is 9.18. The van der Waals surface area contributed by atoms with Gasteiger partial charge in [-0.3, -0.25) is 0 Å². The molecule has 0 saturated heterocycles. The van der Waals surface area contributed by atoms with E-state index in [1.807, 2.05) is 6.92 Å². The molecule has 0 radical (unpaired) electrons. The molecule has 0 heterocycles. The molecule has 6 heteroatoms. The fraction of sp³-hybridized carbons (Fsp3) is 0.625. The first-order valence-electron chi connectivity index (χ1n) is 8.15. The highest BCUT2D eigenvalue weighted by Gasteiger charge is 2.25. The van der Waals surface area contributed by atoms with Gasteiger partial charge >= 0.3 is 7.12 Å². The number of hydrogen-bond donors (Lipinski definition) is 2. The molecule has 1 aromatic carbocycles. The second kappa shape index (κ2) is 9.35. The number of hydrogen-bond acceptors (Lipinski definition) is 4. The first kappa shape index (κ1) is 19.2. The van der Waals surface area contributed by atoms with Gasteiger partial charge in [-0.1, -0.05) is 45.0 Å². The molecule has 0 bridgehead atoms. The topological polar surface area (TPSA) is 58.9 Å². The highest BCUT2D eigenvalue weighted by molar-refractivity contribution is 6.79. The van der Waals surface area contributed by atoms with Crippen molar-refractivity contribution >= 4 is 20.7 Å². The second-order valence-corrected chi connectivity index (χ2v) is 11.5. The summed E-state index contributed by atoms with van der Waals surface area (Å²) in [4.78, 5) is 0. The van der Waals surface area contributed by atoms with Crippen LogP contribution in [0.15, 0.2) is 18.2 Å². The van der Waals surface area contributed by atoms with Gasteiger partial charge < -0.3 is 19.5 Å². The largest absolute Gasteiger partial charge is 0.488 e. The van der Waals surface area contributed by atoms with Crippen LogP contribution in [0.5, 0.6) is 5.75 Å². The second-order valence-electron chi connectivity index (χ2n) is 5.87. The normalized spacial score (nSPS) is 11.5. The molecule has 2 N–H and O–H groups in total. The van der Waals surface area contributed by atoms with Crippen LogP contribution in [0.25, 0.3) is 0 Å². The number of rotatable bonds is 10. The Kier molecular flexibility index (Phi) is 8.17. The van der Waals surface area contributed by atoms with Crippen LogP contribution in [-0.2, 0) is 4.74 Å². The average molecular weight is 324 g/mol. The smallest absolute Gasteiger partial charge is 0.468 e. The maximum Gasteiger partial charge on any atom is 0.488 e. The van der Waals surface area contributed by atoms with Crippen molar-refractivity contribution in [1.82, 2.24) is 0 Å². The molecule has 0 atom stereocenters. The molecule has 0 aliphatic rings. The zero-order valence-corrected chi connectivity index (χ0v) is 15.3. The lowest BCUT2D eigenvalue weighted by atomic mass is 9.77. The molecular formula is C16H29BO4Si. The molecule has 22 heavy (non-hydrogen) atoms. The van der Waals surface area contributed by atoms with Crippen LogP contribution < -0.4 is 10.2 Å². The van der Waals surface area contributed by atoms with E-state index in [9.17, 15) is 10.0 Å². The zero-order valence-electron chi connectivity index (χ0n) is 14.3. The first-order valence-corrected chi connectivity index (χ1v) is 11.0. The van der Waals surface area contributed by atoms with E-state index in [1.165, 1.54) is 24.2 Å². The van der Waals surface area contributed by atoms with E-state index >= 15 is 0 Å². The summed E-state index contributed by atoms with van der Waals surface area (Å²) in [6, 6.07) is 10.3. The summed E-state index contributed by atoms with van der Waals surface area (Å²) in [7, 11) is -2.56. The highest BCUT2D eigenvalue weighted by Crippen LogP contribution is 2.24. The number of ether oxygens (including phenoxy) is 2. The molecule has 1 aromatic rings. The molecule has 0 fully saturated rings. The van der Waals surface area contributed by atoms with Gasteiger partial charge in [-0.15, -0.1) is 0 Å². The van der Waals surface area contributed by atoms with Gasteiger partial charge in [0, 0.05) is 6.61 Å². The number of benzene rings is 1. The molecule has 0 saturated carbocycles. The van der Waals surface area contributed by atoms with Crippen LogP contribution in [0.1, 0.15) is 26.3 Å². The molecule has 0 aromatic heterocycles. The summed E-state index contributed by atoms with van der Waals surface area (Å²) in [5.41, 5.74) is 1.29. The number of aryl methyl sites for hydroxylation is 1. The Labute approximate surface area is 135 Å². The third kappa shape index (κ3) is 5.43. The Morgan fingerprint density at radius 1 is 1.09 bits per heavy atom. The molecule has 0 unspecified atom stereocenters. The van der Waals surface area contributed by atoms with E-state index < -0.39 is 15.2 Å². The summed E-state index contributed by atoms with van der Waals surface area (Å²) in [6.07, 6.45) is 0. The summed E-state index contributed by atoms with van der Waals surface area (Å²) < 4.78 is 11.2. The van der Waals surface area contributed by atoms with Crippen molar-refractivity contribution in [1.29, 1.82) is 0 Å². The Bertz CT molecular complexity index is 442. The Morgan fingerprint density at radius 2 is 1.73 bits per heavy atom. The Morgan fingerprint density at radius 3 is 2.23 bits per heavy atom. The van der Waals surface area contributed by atoms with Gasteiger partial charge in [0.25, 0.3) is 0 Å². The zero-order chi connectivity index (χ0) is 16.6. The van der Waals surface area contributed by atoms with Gasteiger partial charge in [-0.25, -0.2) is 0 Å². The maximum atomic E-state index is 9.18. The fourth-order valence-corrected chi connectivity index (χ4v) is 5.90. The van der Waals surface area contributed by atoms with Crippen molar-refractivity contribution in [3.63, 3.8) is 0 Å². The molecule has 0 spiro atoms. The van der Waals surface area contributed by atoms with Crippen LogP contribution in [0, 0.1) is 6.92 Å². The standard InChI is InChI=1S/C16H29BO4Si/c1-5-22(6-2,7-3)11-10-20-13-21-15-8-9-16(17(18)19)14(4)12-15/h8-9,12,18-19H,5-7,10-11,13H2,1-4H3. The average Bonchev–Trinajstić information content (AvgIpc) is 2.51. The van der Waals surface area contributed by atoms with Crippen LogP contribution in [0.4, 0.5) is 0 Å². The fourth-order valence-electron chi connectivity index (χ4n) is 2.77. The molecule has 0 aliphatic heterocycles. The molecule has 0 amide bonds. The molecule has 124 valence electrons. The lowest BCUT2D eigenvalue weighted by Crippen LogP contribution is -2.32. The van der Waals surface area contributed by atoms with Crippen molar-refractivity contribution in [2.45, 2.75) is 51.9 Å². The molecule has 0 aliphatic carbocycles. The van der Waals surface area contributed by atoms with E-state index in [1.54, 1.807) is 18.2 Å². The van der Waals surface area contributed by atoms with Crippen molar-refractivity contribution in [2.75, 3.05) is 13.4 Å². The van der Waals surface area contributed by atoms with Crippen molar-refractivity contribution in [2.24, 2.45) is 0 Å². The van der Waals surface area contributed by atoms with Gasteiger partial charge in [0.15, 0.2) is 6.79 Å².